The topological polar surface area (TPSA) is 67.4 Å². The molecule has 5 nitrogen and oxygen atoms in total. The number of carbonyl (C=O) groups excluding carboxylic acids is 2. The van der Waals surface area contributed by atoms with Crippen LogP contribution in [0.2, 0.25) is 0 Å². The predicted octanol–water partition coefficient (Wildman–Crippen LogP) is 2.07. The van der Waals surface area contributed by atoms with Gasteiger partial charge in [-0.25, -0.2) is 0 Å². The number of amides is 1. The first-order chi connectivity index (χ1) is 10.3. The van der Waals surface area contributed by atoms with Crippen molar-refractivity contribution in [2.45, 2.75) is 18.6 Å². The van der Waals surface area contributed by atoms with Crippen LogP contribution in [0.4, 0.5) is 13.2 Å². The van der Waals surface area contributed by atoms with Gasteiger partial charge in [-0.1, -0.05) is 12.1 Å². The van der Waals surface area contributed by atoms with Gasteiger partial charge in [0.1, 0.15) is 0 Å². The van der Waals surface area contributed by atoms with E-state index < -0.39 is 23.8 Å². The van der Waals surface area contributed by atoms with E-state index in [1.165, 1.54) is 19.2 Å². The number of esters is 1. The summed E-state index contributed by atoms with van der Waals surface area (Å²) in [5, 5.41) is 5.22. The third-order valence-corrected chi connectivity index (χ3v) is 2.91. The molecule has 1 rings (SSSR count). The third kappa shape index (κ3) is 6.87. The molecule has 130 valence electrons. The van der Waals surface area contributed by atoms with Gasteiger partial charge in [0.25, 0.3) is 0 Å². The number of benzene rings is 1. The molecule has 1 atom stereocenters. The fourth-order valence-corrected chi connectivity index (χ4v) is 1.81. The van der Waals surface area contributed by atoms with Gasteiger partial charge < -0.3 is 15.4 Å². The summed E-state index contributed by atoms with van der Waals surface area (Å²) in [5.74, 6) is -0.953. The molecule has 9 heteroatoms. The summed E-state index contributed by atoms with van der Waals surface area (Å²) in [4.78, 5) is 23.0. The van der Waals surface area contributed by atoms with Crippen LogP contribution in [0.1, 0.15) is 23.6 Å². The summed E-state index contributed by atoms with van der Waals surface area (Å²) >= 11 is 0. The van der Waals surface area contributed by atoms with Crippen molar-refractivity contribution in [3.05, 3.63) is 35.4 Å². The Bertz CT molecular complexity index is 521. The monoisotopic (exact) mass is 354 g/mol. The van der Waals surface area contributed by atoms with E-state index >= 15 is 0 Å². The number of alkyl halides is 3. The molecular formula is C14H18ClF3N2O3. The van der Waals surface area contributed by atoms with E-state index in [2.05, 4.69) is 15.4 Å². The molecule has 0 aliphatic rings. The largest absolute Gasteiger partial charge is 0.469 e. The molecule has 2 N–H and O–H groups in total. The number of hydrogen-bond acceptors (Lipinski definition) is 4. The van der Waals surface area contributed by atoms with Gasteiger partial charge in [0.2, 0.25) is 5.91 Å². The molecule has 0 aromatic heterocycles. The summed E-state index contributed by atoms with van der Waals surface area (Å²) in [7, 11) is 2.77. The molecule has 23 heavy (non-hydrogen) atoms. The molecule has 1 unspecified atom stereocenters. The molecule has 1 aromatic carbocycles. The highest BCUT2D eigenvalue weighted by Gasteiger charge is 2.30. The second kappa shape index (κ2) is 9.36. The van der Waals surface area contributed by atoms with Crippen LogP contribution in [0.3, 0.4) is 0 Å². The van der Waals surface area contributed by atoms with Crippen LogP contribution in [0.25, 0.3) is 0 Å². The fraction of sp³-hybridized carbons (Fsp3) is 0.429. The van der Waals surface area contributed by atoms with Gasteiger partial charge in [-0.15, -0.1) is 12.4 Å². The highest BCUT2D eigenvalue weighted by Crippen LogP contribution is 2.30. The lowest BCUT2D eigenvalue weighted by Gasteiger charge is -2.19. The minimum atomic E-state index is -4.44. The Morgan fingerprint density at radius 2 is 1.78 bits per heavy atom. The first-order valence-corrected chi connectivity index (χ1v) is 6.46. The average Bonchev–Trinajstić information content (AvgIpc) is 2.46. The SMILES string of the molecule is CNCC(=O)NC(CC(=O)OC)c1ccc(C(F)(F)F)cc1.Cl. The number of likely N-dealkylation sites (N-methyl/N-ethyl adjacent to an activating group) is 1. The van der Waals surface area contributed by atoms with Crippen molar-refractivity contribution >= 4 is 24.3 Å². The van der Waals surface area contributed by atoms with Crippen LogP contribution in [0, 0.1) is 0 Å². The minimum absolute atomic E-state index is 0. The molecule has 1 aromatic rings. The Hall–Kier alpha value is -1.80. The maximum absolute atomic E-state index is 12.5. The van der Waals surface area contributed by atoms with Crippen LogP contribution < -0.4 is 10.6 Å². The van der Waals surface area contributed by atoms with Gasteiger partial charge >= 0.3 is 12.1 Å². The Kier molecular flexibility index (Phi) is 8.63. The molecule has 0 aliphatic heterocycles. The van der Waals surface area contributed by atoms with Crippen molar-refractivity contribution in [3.8, 4) is 0 Å². The molecule has 0 aliphatic carbocycles. The van der Waals surface area contributed by atoms with Gasteiger partial charge in [0.15, 0.2) is 0 Å². The van der Waals surface area contributed by atoms with Crippen molar-refractivity contribution in [2.24, 2.45) is 0 Å². The zero-order valence-corrected chi connectivity index (χ0v) is 13.4. The van der Waals surface area contributed by atoms with Gasteiger partial charge in [-0.05, 0) is 24.7 Å². The van der Waals surface area contributed by atoms with Crippen molar-refractivity contribution in [1.29, 1.82) is 0 Å². The fourth-order valence-electron chi connectivity index (χ4n) is 1.81. The molecular weight excluding hydrogens is 337 g/mol. The molecule has 0 saturated heterocycles. The highest BCUT2D eigenvalue weighted by atomic mass is 35.5. The van der Waals surface area contributed by atoms with Crippen LogP contribution in [0.5, 0.6) is 0 Å². The van der Waals surface area contributed by atoms with Crippen molar-refractivity contribution in [2.75, 3.05) is 20.7 Å². The Morgan fingerprint density at radius 3 is 2.22 bits per heavy atom. The summed E-state index contributed by atoms with van der Waals surface area (Å²) in [6.45, 7) is 0.0261. The number of rotatable bonds is 6. The van der Waals surface area contributed by atoms with E-state index in [1.807, 2.05) is 0 Å². The quantitative estimate of drug-likeness (QED) is 0.767. The van der Waals surface area contributed by atoms with Crippen LogP contribution >= 0.6 is 12.4 Å². The number of ether oxygens (including phenoxy) is 1. The van der Waals surface area contributed by atoms with Gasteiger partial charge in [-0.3, -0.25) is 9.59 Å². The highest BCUT2D eigenvalue weighted by molar-refractivity contribution is 5.85. The van der Waals surface area contributed by atoms with Gasteiger partial charge in [0, 0.05) is 0 Å². The van der Waals surface area contributed by atoms with E-state index in [9.17, 15) is 22.8 Å². The first-order valence-electron chi connectivity index (χ1n) is 6.46. The normalized spacial score (nSPS) is 12.0. The molecule has 0 heterocycles. The van der Waals surface area contributed by atoms with Crippen molar-refractivity contribution in [1.82, 2.24) is 10.6 Å². The minimum Gasteiger partial charge on any atom is -0.469 e. The lowest BCUT2D eigenvalue weighted by atomic mass is 10.0. The third-order valence-electron chi connectivity index (χ3n) is 2.91. The Balaban J connectivity index is 0.00000484. The second-order valence-corrected chi connectivity index (χ2v) is 4.55. The number of methoxy groups -OCH3 is 1. The van der Waals surface area contributed by atoms with E-state index in [1.54, 1.807) is 7.05 Å². The lowest BCUT2D eigenvalue weighted by Crippen LogP contribution is -2.36. The maximum atomic E-state index is 12.5. The van der Waals surface area contributed by atoms with Gasteiger partial charge in [-0.2, -0.15) is 13.2 Å². The van der Waals surface area contributed by atoms with E-state index in [0.717, 1.165) is 12.1 Å². The molecule has 0 spiro atoms. The summed E-state index contributed by atoms with van der Waals surface area (Å²) in [6.07, 6.45) is -4.61. The van der Waals surface area contributed by atoms with Crippen molar-refractivity contribution < 1.29 is 27.5 Å². The molecule has 0 saturated carbocycles. The summed E-state index contributed by atoms with van der Waals surface area (Å²) in [5.41, 5.74) is -0.405. The number of hydrogen-bond donors (Lipinski definition) is 2. The second-order valence-electron chi connectivity index (χ2n) is 4.55. The predicted molar refractivity (Wildman–Crippen MR) is 80.1 cm³/mol. The first kappa shape index (κ1) is 21.2. The zero-order valence-electron chi connectivity index (χ0n) is 12.6. The molecule has 0 bridgehead atoms. The zero-order chi connectivity index (χ0) is 16.8. The van der Waals surface area contributed by atoms with Crippen LogP contribution in [-0.4, -0.2) is 32.6 Å². The molecule has 0 radical (unpaired) electrons. The Morgan fingerprint density at radius 1 is 1.22 bits per heavy atom. The number of carbonyl (C=O) groups is 2. The average molecular weight is 355 g/mol. The van der Waals surface area contributed by atoms with E-state index in [4.69, 9.17) is 0 Å². The standard InChI is InChI=1S/C14H17F3N2O3.ClH/c1-18-8-12(20)19-11(7-13(21)22-2)9-3-5-10(6-4-9)14(15,16)17;/h3-6,11,18H,7-8H2,1-2H3,(H,19,20);1H. The number of halogens is 4. The number of nitrogens with one attached hydrogen (secondary N) is 2. The molecule has 1 amide bonds. The lowest BCUT2D eigenvalue weighted by molar-refractivity contribution is -0.141. The van der Waals surface area contributed by atoms with Gasteiger partial charge in [0.05, 0.1) is 31.7 Å². The summed E-state index contributed by atoms with van der Waals surface area (Å²) in [6, 6.07) is 3.52. The Labute approximate surface area is 138 Å². The van der Waals surface area contributed by atoms with E-state index in [0.29, 0.717) is 5.56 Å². The van der Waals surface area contributed by atoms with Crippen LogP contribution in [0.15, 0.2) is 24.3 Å². The maximum Gasteiger partial charge on any atom is 0.416 e. The van der Waals surface area contributed by atoms with Crippen molar-refractivity contribution in [3.63, 3.8) is 0 Å². The van der Waals surface area contributed by atoms with E-state index in [-0.39, 0.29) is 31.3 Å². The van der Waals surface area contributed by atoms with Crippen LogP contribution in [-0.2, 0) is 20.5 Å². The summed E-state index contributed by atoms with van der Waals surface area (Å²) < 4.78 is 42.2. The smallest absolute Gasteiger partial charge is 0.416 e. The molecule has 0 fully saturated rings.